The minimum atomic E-state index is 0.373. The Morgan fingerprint density at radius 2 is 2.33 bits per heavy atom. The molecule has 0 radical (unpaired) electrons. The summed E-state index contributed by atoms with van der Waals surface area (Å²) in [7, 11) is 3.59. The normalized spacial score (nSPS) is 23.9. The van der Waals surface area contributed by atoms with E-state index in [0.717, 1.165) is 57.4 Å². The Hall–Kier alpha value is -1.75. The molecule has 5 nitrogen and oxygen atoms in total. The molecule has 5 heteroatoms. The minimum absolute atomic E-state index is 0.373. The Morgan fingerprint density at radius 1 is 1.42 bits per heavy atom. The van der Waals surface area contributed by atoms with E-state index in [4.69, 9.17) is 9.47 Å². The topological polar surface area (TPSA) is 46.1 Å². The van der Waals surface area contributed by atoms with Gasteiger partial charge in [0.25, 0.3) is 0 Å². The number of likely N-dealkylation sites (tertiary alicyclic amines) is 1. The second-order valence-electron chi connectivity index (χ2n) is 6.90. The number of ether oxygens (including phenoxy) is 2. The average Bonchev–Trinajstić information content (AvgIpc) is 3.25. The van der Waals surface area contributed by atoms with Gasteiger partial charge in [0.15, 0.2) is 5.96 Å². The van der Waals surface area contributed by atoms with Crippen molar-refractivity contribution in [2.24, 2.45) is 10.4 Å². The molecule has 1 spiro atoms. The summed E-state index contributed by atoms with van der Waals surface area (Å²) in [6.07, 6.45) is 4.53. The third-order valence-electron chi connectivity index (χ3n) is 5.19. The maximum Gasteiger partial charge on any atom is 0.193 e. The number of methoxy groups -OCH3 is 1. The van der Waals surface area contributed by atoms with E-state index in [1.807, 2.05) is 19.2 Å². The molecule has 1 aromatic carbocycles. The van der Waals surface area contributed by atoms with Crippen LogP contribution in [-0.2, 0) is 11.2 Å². The van der Waals surface area contributed by atoms with Crippen LogP contribution in [0.15, 0.2) is 29.3 Å². The first kappa shape index (κ1) is 17.1. The van der Waals surface area contributed by atoms with Crippen molar-refractivity contribution >= 4 is 5.96 Å². The molecule has 0 aromatic heterocycles. The summed E-state index contributed by atoms with van der Waals surface area (Å²) >= 11 is 0. The molecule has 1 atom stereocenters. The molecule has 2 aliphatic rings. The van der Waals surface area contributed by atoms with Crippen LogP contribution in [0.25, 0.3) is 0 Å². The van der Waals surface area contributed by atoms with Gasteiger partial charge in [0.2, 0.25) is 0 Å². The minimum Gasteiger partial charge on any atom is -0.497 e. The van der Waals surface area contributed by atoms with E-state index < -0.39 is 0 Å². The van der Waals surface area contributed by atoms with Crippen LogP contribution >= 0.6 is 0 Å². The van der Waals surface area contributed by atoms with Crippen LogP contribution in [0.1, 0.15) is 24.8 Å². The van der Waals surface area contributed by atoms with Gasteiger partial charge in [0.1, 0.15) is 5.75 Å². The lowest BCUT2D eigenvalue weighted by Crippen LogP contribution is -2.41. The summed E-state index contributed by atoms with van der Waals surface area (Å²) in [5.74, 6) is 1.96. The molecule has 3 rings (SSSR count). The summed E-state index contributed by atoms with van der Waals surface area (Å²) in [6.45, 7) is 4.92. The maximum absolute atomic E-state index is 5.61. The molecular formula is C19H29N3O2. The van der Waals surface area contributed by atoms with Crippen molar-refractivity contribution in [3.05, 3.63) is 29.8 Å². The molecule has 2 aliphatic heterocycles. The second kappa shape index (κ2) is 7.88. The number of benzene rings is 1. The highest BCUT2D eigenvalue weighted by Crippen LogP contribution is 2.38. The zero-order valence-electron chi connectivity index (χ0n) is 14.9. The molecular weight excluding hydrogens is 302 g/mol. The van der Waals surface area contributed by atoms with E-state index in [2.05, 4.69) is 27.3 Å². The van der Waals surface area contributed by atoms with E-state index in [1.165, 1.54) is 18.4 Å². The first-order chi connectivity index (χ1) is 11.7. The van der Waals surface area contributed by atoms with Crippen LogP contribution in [-0.4, -0.2) is 57.9 Å². The lowest BCUT2D eigenvalue weighted by Gasteiger charge is -2.25. The van der Waals surface area contributed by atoms with E-state index in [0.29, 0.717) is 5.41 Å². The average molecular weight is 331 g/mol. The molecule has 1 aromatic rings. The number of hydrogen-bond acceptors (Lipinski definition) is 3. The van der Waals surface area contributed by atoms with Gasteiger partial charge in [-0.15, -0.1) is 0 Å². The fourth-order valence-electron chi connectivity index (χ4n) is 3.74. The van der Waals surface area contributed by atoms with Crippen molar-refractivity contribution in [1.82, 2.24) is 10.2 Å². The van der Waals surface area contributed by atoms with Crippen LogP contribution < -0.4 is 10.1 Å². The monoisotopic (exact) mass is 331 g/mol. The Bertz CT molecular complexity index is 567. The molecule has 0 saturated carbocycles. The summed E-state index contributed by atoms with van der Waals surface area (Å²) in [4.78, 5) is 6.86. The highest BCUT2D eigenvalue weighted by molar-refractivity contribution is 5.80. The van der Waals surface area contributed by atoms with E-state index in [-0.39, 0.29) is 0 Å². The van der Waals surface area contributed by atoms with Gasteiger partial charge >= 0.3 is 0 Å². The summed E-state index contributed by atoms with van der Waals surface area (Å²) < 4.78 is 10.9. The smallest absolute Gasteiger partial charge is 0.193 e. The highest BCUT2D eigenvalue weighted by Gasteiger charge is 2.42. The van der Waals surface area contributed by atoms with Crippen LogP contribution in [0, 0.1) is 5.41 Å². The highest BCUT2D eigenvalue weighted by atomic mass is 16.5. The summed E-state index contributed by atoms with van der Waals surface area (Å²) in [6, 6.07) is 8.30. The Kier molecular flexibility index (Phi) is 5.61. The first-order valence-electron chi connectivity index (χ1n) is 8.91. The zero-order chi connectivity index (χ0) is 16.8. The largest absolute Gasteiger partial charge is 0.497 e. The number of nitrogens with zero attached hydrogens (tertiary/aromatic N) is 2. The summed E-state index contributed by atoms with van der Waals surface area (Å²) in [5, 5.41) is 3.52. The number of nitrogens with one attached hydrogen (secondary N) is 1. The third kappa shape index (κ3) is 4.01. The van der Waals surface area contributed by atoms with Gasteiger partial charge in [-0.2, -0.15) is 0 Å². The van der Waals surface area contributed by atoms with Gasteiger partial charge in [0, 0.05) is 38.7 Å². The van der Waals surface area contributed by atoms with Crippen molar-refractivity contribution in [2.45, 2.75) is 25.7 Å². The van der Waals surface area contributed by atoms with Crippen molar-refractivity contribution in [1.29, 1.82) is 0 Å². The molecule has 1 N–H and O–H groups in total. The molecule has 2 fully saturated rings. The second-order valence-corrected chi connectivity index (χ2v) is 6.90. The van der Waals surface area contributed by atoms with E-state index in [9.17, 15) is 0 Å². The van der Waals surface area contributed by atoms with Crippen LogP contribution in [0.2, 0.25) is 0 Å². The van der Waals surface area contributed by atoms with Gasteiger partial charge in [-0.3, -0.25) is 4.99 Å². The Balaban J connectivity index is 1.43. The van der Waals surface area contributed by atoms with Crippen LogP contribution in [0.3, 0.4) is 0 Å². The van der Waals surface area contributed by atoms with Gasteiger partial charge in [0.05, 0.1) is 13.7 Å². The predicted molar refractivity (Wildman–Crippen MR) is 96.7 cm³/mol. The summed E-state index contributed by atoms with van der Waals surface area (Å²) in [5.41, 5.74) is 1.69. The third-order valence-corrected chi connectivity index (χ3v) is 5.19. The Morgan fingerprint density at radius 3 is 3.08 bits per heavy atom. The van der Waals surface area contributed by atoms with Crippen molar-refractivity contribution in [2.75, 3.05) is 47.0 Å². The van der Waals surface area contributed by atoms with Gasteiger partial charge in [-0.05, 0) is 43.4 Å². The lowest BCUT2D eigenvalue weighted by molar-refractivity contribution is 0.156. The first-order valence-corrected chi connectivity index (χ1v) is 8.91. The zero-order valence-corrected chi connectivity index (χ0v) is 14.9. The number of guanidine groups is 1. The van der Waals surface area contributed by atoms with Gasteiger partial charge in [-0.1, -0.05) is 12.1 Å². The Labute approximate surface area is 145 Å². The van der Waals surface area contributed by atoms with Crippen LogP contribution in [0.5, 0.6) is 5.75 Å². The van der Waals surface area contributed by atoms with Crippen molar-refractivity contribution in [3.63, 3.8) is 0 Å². The van der Waals surface area contributed by atoms with Gasteiger partial charge in [-0.25, -0.2) is 0 Å². The van der Waals surface area contributed by atoms with E-state index in [1.54, 1.807) is 7.11 Å². The molecule has 0 amide bonds. The molecule has 2 saturated heterocycles. The molecule has 0 bridgehead atoms. The molecule has 24 heavy (non-hydrogen) atoms. The van der Waals surface area contributed by atoms with Gasteiger partial charge < -0.3 is 19.7 Å². The SMILES string of the molecule is CN=C(NCCCc1cccc(OC)c1)N1CCC2(CCOC2)C1. The number of rotatable bonds is 5. The lowest BCUT2D eigenvalue weighted by atomic mass is 9.87. The van der Waals surface area contributed by atoms with Crippen molar-refractivity contribution in [3.8, 4) is 5.75 Å². The molecule has 1 unspecified atom stereocenters. The number of hydrogen-bond donors (Lipinski definition) is 1. The van der Waals surface area contributed by atoms with Crippen molar-refractivity contribution < 1.29 is 9.47 Å². The van der Waals surface area contributed by atoms with Crippen LogP contribution in [0.4, 0.5) is 0 Å². The maximum atomic E-state index is 5.61. The fourth-order valence-corrected chi connectivity index (χ4v) is 3.74. The number of aliphatic imine (C=N–C) groups is 1. The van der Waals surface area contributed by atoms with E-state index >= 15 is 0 Å². The number of aryl methyl sites for hydroxylation is 1. The molecule has 2 heterocycles. The standard InChI is InChI=1S/C19H29N3O2/c1-20-18(22-11-8-19(14-22)9-12-24-15-19)21-10-4-6-16-5-3-7-17(13-16)23-2/h3,5,7,13H,4,6,8-12,14-15H2,1-2H3,(H,20,21). The molecule has 132 valence electrons. The quantitative estimate of drug-likeness (QED) is 0.511. The fraction of sp³-hybridized carbons (Fsp3) is 0.632. The predicted octanol–water partition coefficient (Wildman–Crippen LogP) is 2.32. The molecule has 0 aliphatic carbocycles.